The normalized spacial score (nSPS) is 11.8. The minimum atomic E-state index is -1.86. The van der Waals surface area contributed by atoms with Crippen molar-refractivity contribution < 1.29 is 8.76 Å². The van der Waals surface area contributed by atoms with Crippen molar-refractivity contribution in [2.75, 3.05) is 6.26 Å². The van der Waals surface area contributed by atoms with Crippen molar-refractivity contribution in [2.24, 2.45) is 0 Å². The third-order valence-corrected chi connectivity index (χ3v) is 2.68. The molecule has 0 saturated heterocycles. The fourth-order valence-corrected chi connectivity index (χ4v) is 1.70. The molecule has 0 aliphatic carbocycles. The molecule has 0 fully saturated rings. The van der Waals surface area contributed by atoms with E-state index in [-0.39, 0.29) is 0 Å². The van der Waals surface area contributed by atoms with Crippen LogP contribution in [0.2, 0.25) is 0 Å². The molecule has 2 aromatic carbocycles. The van der Waals surface area contributed by atoms with Crippen LogP contribution in [0.4, 0.5) is 0 Å². The third kappa shape index (κ3) is 7.24. The first-order valence-corrected chi connectivity index (χ1v) is 8.02. The fraction of sp³-hybridized carbons (Fsp3) is 0.125. The summed E-state index contributed by atoms with van der Waals surface area (Å²) < 4.78 is 18.0. The highest BCUT2D eigenvalue weighted by Crippen LogP contribution is 2.11. The molecule has 1 atom stereocenters. The van der Waals surface area contributed by atoms with E-state index in [0.717, 1.165) is 11.8 Å². The van der Waals surface area contributed by atoms with E-state index in [4.69, 9.17) is 20.4 Å². The zero-order chi connectivity index (χ0) is 14.8. The Bertz CT molecular complexity index is 564. The zero-order valence-corrected chi connectivity index (χ0v) is 12.7. The molecule has 0 N–H and O–H groups in total. The van der Waals surface area contributed by atoms with Crippen molar-refractivity contribution in [1.82, 2.24) is 0 Å². The van der Waals surface area contributed by atoms with Gasteiger partial charge in [-0.05, 0) is 22.9 Å². The van der Waals surface area contributed by atoms with Crippen LogP contribution in [-0.2, 0) is 17.0 Å². The first-order chi connectivity index (χ1) is 9.61. The van der Waals surface area contributed by atoms with Gasteiger partial charge in [-0.2, -0.15) is 0 Å². The van der Waals surface area contributed by atoms with E-state index in [1.165, 1.54) is 11.1 Å². The maximum atomic E-state index is 9.00. The molecule has 0 bridgehead atoms. The average molecular weight is 308 g/mol. The monoisotopic (exact) mass is 307 g/mol. The van der Waals surface area contributed by atoms with Crippen molar-refractivity contribution in [3.63, 3.8) is 0 Å². The number of halogens is 1. The van der Waals surface area contributed by atoms with Crippen LogP contribution in [0.25, 0.3) is 12.2 Å². The molecular weight excluding hydrogens is 292 g/mol. The van der Waals surface area contributed by atoms with Gasteiger partial charge in [-0.15, -0.1) is 11.6 Å². The van der Waals surface area contributed by atoms with Gasteiger partial charge in [0.25, 0.3) is 0 Å². The van der Waals surface area contributed by atoms with Gasteiger partial charge in [-0.3, -0.25) is 4.21 Å². The predicted molar refractivity (Wildman–Crippen MR) is 86.2 cm³/mol. The van der Waals surface area contributed by atoms with Crippen molar-refractivity contribution in [3.8, 4) is 0 Å². The van der Waals surface area contributed by atoms with Crippen LogP contribution in [0.5, 0.6) is 0 Å². The van der Waals surface area contributed by atoms with Crippen molar-refractivity contribution >= 4 is 34.8 Å². The van der Waals surface area contributed by atoms with Crippen molar-refractivity contribution in [3.05, 3.63) is 71.3 Å². The van der Waals surface area contributed by atoms with Gasteiger partial charge < -0.3 is 4.55 Å². The summed E-state index contributed by atoms with van der Waals surface area (Å²) in [7, 11) is 0. The molecule has 0 heterocycles. The molecule has 0 amide bonds. The van der Waals surface area contributed by atoms with Gasteiger partial charge in [0.1, 0.15) is 0 Å². The minimum Gasteiger partial charge on any atom is -0.773 e. The summed E-state index contributed by atoms with van der Waals surface area (Å²) in [4.78, 5) is 0. The molecule has 1 unspecified atom stereocenters. The maximum absolute atomic E-state index is 9.00. The number of rotatable bonds is 3. The Hall–Kier alpha value is -1.42. The number of benzene rings is 2. The largest absolute Gasteiger partial charge is 0.773 e. The zero-order valence-electron chi connectivity index (χ0n) is 11.2. The van der Waals surface area contributed by atoms with Crippen LogP contribution in [0.1, 0.15) is 16.7 Å². The molecule has 2 rings (SSSR count). The van der Waals surface area contributed by atoms with Gasteiger partial charge in [-0.1, -0.05) is 77.8 Å². The van der Waals surface area contributed by atoms with Gasteiger partial charge >= 0.3 is 0 Å². The van der Waals surface area contributed by atoms with Crippen LogP contribution < -0.4 is 0 Å². The topological polar surface area (TPSA) is 40.1 Å². The predicted octanol–water partition coefficient (Wildman–Crippen LogP) is 4.09. The summed E-state index contributed by atoms with van der Waals surface area (Å²) >= 11 is 3.93. The Morgan fingerprint density at radius 1 is 1.05 bits per heavy atom. The van der Waals surface area contributed by atoms with Gasteiger partial charge in [0.05, 0.1) is 0 Å². The van der Waals surface area contributed by atoms with Crippen LogP contribution in [0.15, 0.2) is 54.6 Å². The molecular formula is C16H16ClO2S-. The molecule has 2 nitrogen and oxygen atoms in total. The SMILES string of the molecule is CS(=O)[O-].ClCc1cccc(C=Cc2ccccc2)c1. The first-order valence-electron chi connectivity index (χ1n) is 6.01. The highest BCUT2D eigenvalue weighted by molar-refractivity contribution is 7.78. The van der Waals surface area contributed by atoms with Crippen LogP contribution in [-0.4, -0.2) is 15.0 Å². The van der Waals surface area contributed by atoms with E-state index in [0.29, 0.717) is 5.88 Å². The summed E-state index contributed by atoms with van der Waals surface area (Å²) in [6, 6.07) is 18.5. The standard InChI is InChI=1S/C15H13Cl.CH4O2S/c16-12-15-8-4-7-14(11-15)10-9-13-5-2-1-3-6-13;1-4(2)3/h1-11H,12H2;1H3,(H,2,3)/p-1. The van der Waals surface area contributed by atoms with E-state index >= 15 is 0 Å². The lowest BCUT2D eigenvalue weighted by Crippen LogP contribution is -1.78. The van der Waals surface area contributed by atoms with Crippen LogP contribution in [0, 0.1) is 0 Å². The van der Waals surface area contributed by atoms with E-state index < -0.39 is 11.1 Å². The van der Waals surface area contributed by atoms with Gasteiger partial charge in [0, 0.05) is 5.88 Å². The van der Waals surface area contributed by atoms with Crippen LogP contribution >= 0.6 is 11.6 Å². The lowest BCUT2D eigenvalue weighted by atomic mass is 10.1. The second-order valence-corrected chi connectivity index (χ2v) is 5.09. The van der Waals surface area contributed by atoms with E-state index in [1.807, 2.05) is 30.3 Å². The summed E-state index contributed by atoms with van der Waals surface area (Å²) in [5.41, 5.74) is 3.54. The molecule has 0 aliphatic rings. The smallest absolute Gasteiger partial charge is 0.0474 e. The summed E-state index contributed by atoms with van der Waals surface area (Å²) in [6.07, 6.45) is 5.29. The number of hydrogen-bond acceptors (Lipinski definition) is 2. The van der Waals surface area contributed by atoms with Gasteiger partial charge in [0.2, 0.25) is 0 Å². The Kier molecular flexibility index (Phi) is 7.88. The first kappa shape index (κ1) is 16.6. The lowest BCUT2D eigenvalue weighted by molar-refractivity contribution is 0.543. The minimum absolute atomic E-state index is 0.563. The Labute approximate surface area is 127 Å². The third-order valence-electron chi connectivity index (χ3n) is 2.37. The summed E-state index contributed by atoms with van der Waals surface area (Å²) in [5, 5.41) is 0. The Morgan fingerprint density at radius 3 is 2.20 bits per heavy atom. The summed E-state index contributed by atoms with van der Waals surface area (Å²) in [6.45, 7) is 0. The molecule has 0 saturated carbocycles. The Morgan fingerprint density at radius 2 is 1.60 bits per heavy atom. The van der Waals surface area contributed by atoms with Crippen LogP contribution in [0.3, 0.4) is 0 Å². The highest BCUT2D eigenvalue weighted by atomic mass is 35.5. The number of alkyl halides is 1. The van der Waals surface area contributed by atoms with Gasteiger partial charge in [-0.25, -0.2) is 0 Å². The van der Waals surface area contributed by atoms with E-state index in [9.17, 15) is 0 Å². The van der Waals surface area contributed by atoms with Crippen molar-refractivity contribution in [2.45, 2.75) is 5.88 Å². The average Bonchev–Trinajstić information content (AvgIpc) is 2.46. The summed E-state index contributed by atoms with van der Waals surface area (Å²) in [5.74, 6) is 0.563. The van der Waals surface area contributed by atoms with Crippen molar-refractivity contribution in [1.29, 1.82) is 0 Å². The Balaban J connectivity index is 0.000000444. The fourth-order valence-electron chi connectivity index (χ4n) is 1.54. The second kappa shape index (κ2) is 9.48. The molecule has 0 spiro atoms. The number of hydrogen-bond donors (Lipinski definition) is 0. The maximum Gasteiger partial charge on any atom is 0.0474 e. The molecule has 20 heavy (non-hydrogen) atoms. The molecule has 0 aromatic heterocycles. The van der Waals surface area contributed by atoms with Gasteiger partial charge in [0.15, 0.2) is 0 Å². The second-order valence-electron chi connectivity index (χ2n) is 4.02. The quantitative estimate of drug-likeness (QED) is 0.487. The van der Waals surface area contributed by atoms with E-state index in [1.54, 1.807) is 0 Å². The lowest BCUT2D eigenvalue weighted by Gasteiger charge is -1.97. The molecule has 4 heteroatoms. The molecule has 0 radical (unpaired) electrons. The molecule has 0 aliphatic heterocycles. The highest BCUT2D eigenvalue weighted by Gasteiger charge is 1.91. The van der Waals surface area contributed by atoms with E-state index in [2.05, 4.69) is 36.4 Å². The molecule has 2 aromatic rings. The molecule has 106 valence electrons.